The zero-order valence-corrected chi connectivity index (χ0v) is 13.7. The first-order chi connectivity index (χ1) is 9.99. The van der Waals surface area contributed by atoms with Gasteiger partial charge in [0.05, 0.1) is 27.5 Å². The molecule has 0 atom stereocenters. The lowest BCUT2D eigenvalue weighted by atomic mass is 10.3. The van der Waals surface area contributed by atoms with Crippen molar-refractivity contribution in [3.63, 3.8) is 0 Å². The van der Waals surface area contributed by atoms with Crippen LogP contribution in [0.4, 0.5) is 5.69 Å². The van der Waals surface area contributed by atoms with Crippen LogP contribution in [-0.4, -0.2) is 31.9 Å². The summed E-state index contributed by atoms with van der Waals surface area (Å²) in [6, 6.07) is 5.20. The van der Waals surface area contributed by atoms with E-state index < -0.39 is 0 Å². The van der Waals surface area contributed by atoms with Gasteiger partial charge in [-0.3, -0.25) is 4.79 Å². The third-order valence-corrected chi connectivity index (χ3v) is 4.26. The fourth-order valence-electron chi connectivity index (χ4n) is 1.52. The average molecular weight is 346 g/mol. The lowest BCUT2D eigenvalue weighted by Gasteiger charge is -2.09. The normalized spacial score (nSPS) is 10.9. The molecule has 2 rings (SSSR count). The predicted molar refractivity (Wildman–Crippen MR) is 84.0 cm³/mol. The minimum Gasteiger partial charge on any atom is -0.324 e. The number of aromatic nitrogens is 4. The molecule has 1 N–H and O–H groups in total. The highest BCUT2D eigenvalue weighted by molar-refractivity contribution is 7.99. The molecule has 6 nitrogen and oxygen atoms in total. The summed E-state index contributed by atoms with van der Waals surface area (Å²) in [4.78, 5) is 11.9. The van der Waals surface area contributed by atoms with Gasteiger partial charge in [0.25, 0.3) is 0 Å². The first-order valence-corrected chi connectivity index (χ1v) is 7.87. The molecule has 0 spiro atoms. The Morgan fingerprint density at radius 2 is 2.19 bits per heavy atom. The molecule has 0 bridgehead atoms. The van der Waals surface area contributed by atoms with E-state index in [0.29, 0.717) is 20.9 Å². The van der Waals surface area contributed by atoms with Crippen molar-refractivity contribution in [1.29, 1.82) is 0 Å². The molecule has 1 amide bonds. The van der Waals surface area contributed by atoms with Crippen molar-refractivity contribution in [2.24, 2.45) is 0 Å². The largest absolute Gasteiger partial charge is 0.324 e. The number of hydrogen-bond donors (Lipinski definition) is 1. The van der Waals surface area contributed by atoms with Crippen LogP contribution in [0.25, 0.3) is 0 Å². The van der Waals surface area contributed by atoms with Crippen LogP contribution < -0.4 is 5.32 Å². The summed E-state index contributed by atoms with van der Waals surface area (Å²) in [6.45, 7) is 3.93. The third kappa shape index (κ3) is 4.09. The molecule has 0 unspecified atom stereocenters. The van der Waals surface area contributed by atoms with E-state index in [2.05, 4.69) is 20.8 Å². The molecule has 1 aromatic heterocycles. The van der Waals surface area contributed by atoms with E-state index in [1.165, 1.54) is 11.8 Å². The zero-order valence-electron chi connectivity index (χ0n) is 11.4. The smallest absolute Gasteiger partial charge is 0.234 e. The molecule has 0 saturated carbocycles. The predicted octanol–water partition coefficient (Wildman–Crippen LogP) is 3.29. The molecule has 0 saturated heterocycles. The molecule has 0 aliphatic heterocycles. The summed E-state index contributed by atoms with van der Waals surface area (Å²) in [7, 11) is 0. The minimum absolute atomic E-state index is 0.132. The van der Waals surface area contributed by atoms with E-state index in [9.17, 15) is 4.79 Å². The first kappa shape index (κ1) is 16.1. The lowest BCUT2D eigenvalue weighted by molar-refractivity contribution is -0.113. The molecule has 0 aliphatic rings. The summed E-state index contributed by atoms with van der Waals surface area (Å²) in [5.74, 6) is -0.0295. The Balaban J connectivity index is 1.96. The number of halogens is 2. The maximum Gasteiger partial charge on any atom is 0.234 e. The van der Waals surface area contributed by atoms with Gasteiger partial charge in [0.1, 0.15) is 0 Å². The highest BCUT2D eigenvalue weighted by Gasteiger charge is 2.13. The fourth-order valence-corrected chi connectivity index (χ4v) is 2.68. The molecular formula is C12H13Cl2N5OS. The van der Waals surface area contributed by atoms with Crippen molar-refractivity contribution in [1.82, 2.24) is 20.2 Å². The van der Waals surface area contributed by atoms with E-state index in [1.54, 1.807) is 22.9 Å². The minimum atomic E-state index is -0.206. The van der Waals surface area contributed by atoms with Crippen LogP contribution in [0.15, 0.2) is 23.4 Å². The van der Waals surface area contributed by atoms with Gasteiger partial charge in [-0.2, -0.15) is 0 Å². The second-order valence-corrected chi connectivity index (χ2v) is 6.17. The average Bonchev–Trinajstić information content (AvgIpc) is 2.90. The van der Waals surface area contributed by atoms with Crippen LogP contribution in [0.2, 0.25) is 10.0 Å². The Morgan fingerprint density at radius 1 is 1.43 bits per heavy atom. The van der Waals surface area contributed by atoms with E-state index in [1.807, 2.05) is 13.8 Å². The zero-order chi connectivity index (χ0) is 15.4. The fraction of sp³-hybridized carbons (Fsp3) is 0.333. The Bertz CT molecular complexity index is 646. The lowest BCUT2D eigenvalue weighted by Crippen LogP contribution is -2.15. The quantitative estimate of drug-likeness (QED) is 0.841. The van der Waals surface area contributed by atoms with E-state index >= 15 is 0 Å². The van der Waals surface area contributed by atoms with Gasteiger partial charge in [0.15, 0.2) is 0 Å². The van der Waals surface area contributed by atoms with Crippen LogP contribution in [0.5, 0.6) is 0 Å². The molecule has 0 aliphatic carbocycles. The van der Waals surface area contributed by atoms with Crippen molar-refractivity contribution < 1.29 is 4.79 Å². The molecule has 9 heteroatoms. The molecular weight excluding hydrogens is 333 g/mol. The number of thioether (sulfide) groups is 1. The van der Waals surface area contributed by atoms with Crippen LogP contribution in [-0.2, 0) is 4.79 Å². The molecule has 1 aromatic carbocycles. The Labute approximate surface area is 136 Å². The van der Waals surface area contributed by atoms with Crippen LogP contribution in [0.3, 0.4) is 0 Å². The van der Waals surface area contributed by atoms with E-state index in [4.69, 9.17) is 23.2 Å². The number of rotatable bonds is 5. The number of hydrogen-bond acceptors (Lipinski definition) is 5. The maximum atomic E-state index is 11.9. The summed E-state index contributed by atoms with van der Waals surface area (Å²) in [6.07, 6.45) is 0. The number of tetrazole rings is 1. The summed E-state index contributed by atoms with van der Waals surface area (Å²) >= 11 is 13.2. The molecule has 0 radical (unpaired) electrons. The number of nitrogens with zero attached hydrogens (tertiary/aromatic N) is 4. The highest BCUT2D eigenvalue weighted by Crippen LogP contribution is 2.29. The molecule has 0 fully saturated rings. The summed E-state index contributed by atoms with van der Waals surface area (Å²) in [5.41, 5.74) is 0.484. The van der Waals surface area contributed by atoms with Crippen molar-refractivity contribution in [2.75, 3.05) is 11.1 Å². The van der Waals surface area contributed by atoms with Crippen LogP contribution >= 0.6 is 35.0 Å². The third-order valence-electron chi connectivity index (χ3n) is 2.51. The first-order valence-electron chi connectivity index (χ1n) is 6.13. The van der Waals surface area contributed by atoms with E-state index in [-0.39, 0.29) is 17.7 Å². The Morgan fingerprint density at radius 3 is 2.90 bits per heavy atom. The summed E-state index contributed by atoms with van der Waals surface area (Å²) < 4.78 is 1.66. The summed E-state index contributed by atoms with van der Waals surface area (Å²) in [5, 5.41) is 15.4. The van der Waals surface area contributed by atoms with Gasteiger partial charge in [-0.05, 0) is 36.4 Å². The van der Waals surface area contributed by atoms with Crippen LogP contribution in [0.1, 0.15) is 19.9 Å². The molecule has 1 heterocycles. The number of carbonyl (C=O) groups excluding carboxylic acids is 1. The van der Waals surface area contributed by atoms with Gasteiger partial charge in [-0.25, -0.2) is 4.68 Å². The topological polar surface area (TPSA) is 72.7 Å². The highest BCUT2D eigenvalue weighted by atomic mass is 35.5. The van der Waals surface area contributed by atoms with Gasteiger partial charge in [-0.1, -0.05) is 41.0 Å². The number of carbonyl (C=O) groups is 1. The number of benzene rings is 1. The molecule has 21 heavy (non-hydrogen) atoms. The van der Waals surface area contributed by atoms with Gasteiger partial charge in [-0.15, -0.1) is 5.10 Å². The number of amides is 1. The number of nitrogens with one attached hydrogen (secondary N) is 1. The van der Waals surface area contributed by atoms with Crippen molar-refractivity contribution in [3.8, 4) is 0 Å². The molecule has 2 aromatic rings. The van der Waals surface area contributed by atoms with Crippen molar-refractivity contribution in [3.05, 3.63) is 28.2 Å². The van der Waals surface area contributed by atoms with Crippen molar-refractivity contribution >= 4 is 46.6 Å². The van der Waals surface area contributed by atoms with Crippen molar-refractivity contribution in [2.45, 2.75) is 25.0 Å². The SMILES string of the molecule is CC(C)n1nnnc1SCC(=O)Nc1cccc(Cl)c1Cl. The van der Waals surface area contributed by atoms with Gasteiger partial charge in [0, 0.05) is 0 Å². The second kappa shape index (κ2) is 7.11. The van der Waals surface area contributed by atoms with Gasteiger partial charge >= 0.3 is 0 Å². The standard InChI is InChI=1S/C12H13Cl2N5OS/c1-7(2)19-12(16-17-18-19)21-6-10(20)15-9-5-3-4-8(13)11(9)14/h3-5,7H,6H2,1-2H3,(H,15,20). The van der Waals surface area contributed by atoms with Gasteiger partial charge in [0.2, 0.25) is 11.1 Å². The van der Waals surface area contributed by atoms with Crippen LogP contribution in [0, 0.1) is 0 Å². The second-order valence-electron chi connectivity index (χ2n) is 4.44. The van der Waals surface area contributed by atoms with E-state index in [0.717, 1.165) is 0 Å². The van der Waals surface area contributed by atoms with Gasteiger partial charge < -0.3 is 5.32 Å². The monoisotopic (exact) mass is 345 g/mol. The number of anilines is 1. The maximum absolute atomic E-state index is 11.9. The Kier molecular flexibility index (Phi) is 5.44. The molecule has 112 valence electrons. The Hall–Kier alpha value is -1.31.